The largest absolute Gasteiger partial charge is 0.292 e. The monoisotopic (exact) mass is 157 g/mol. The van der Waals surface area contributed by atoms with Gasteiger partial charge >= 0.3 is 0 Å². The van der Waals surface area contributed by atoms with Crippen molar-refractivity contribution in [2.45, 2.75) is 32.7 Å². The molecule has 0 aromatic heterocycles. The highest BCUT2D eigenvalue weighted by molar-refractivity contribution is 5.01. The van der Waals surface area contributed by atoms with Crippen molar-refractivity contribution < 1.29 is 4.39 Å². The highest BCUT2D eigenvalue weighted by Gasteiger charge is 2.23. The van der Waals surface area contributed by atoms with Gasteiger partial charge in [-0.3, -0.25) is 4.90 Å². The summed E-state index contributed by atoms with van der Waals surface area (Å²) in [5.41, 5.74) is 0.103. The maximum atomic E-state index is 12.8. The minimum atomic E-state index is 0.0196. The quantitative estimate of drug-likeness (QED) is 0.521. The lowest BCUT2D eigenvalue weighted by molar-refractivity contribution is 0.136. The van der Waals surface area contributed by atoms with Crippen molar-refractivity contribution in [3.05, 3.63) is 11.9 Å². The molecule has 0 aromatic rings. The third-order valence-corrected chi connectivity index (χ3v) is 2.06. The van der Waals surface area contributed by atoms with Gasteiger partial charge in [0.2, 0.25) is 0 Å². The van der Waals surface area contributed by atoms with E-state index in [9.17, 15) is 4.39 Å². The summed E-state index contributed by atoms with van der Waals surface area (Å²) in [5.74, 6) is 0.0196. The molecule has 0 saturated heterocycles. The van der Waals surface area contributed by atoms with E-state index in [-0.39, 0.29) is 11.4 Å². The average molecular weight is 157 g/mol. The predicted molar refractivity (Wildman–Crippen MR) is 45.1 cm³/mol. The molecule has 2 heteroatoms. The maximum Gasteiger partial charge on any atom is 0.110 e. The summed E-state index contributed by atoms with van der Waals surface area (Å²) in [5, 5.41) is 0. The van der Waals surface area contributed by atoms with Crippen LogP contribution < -0.4 is 0 Å². The molecule has 1 aliphatic rings. The first-order valence-corrected chi connectivity index (χ1v) is 4.10. The van der Waals surface area contributed by atoms with Crippen LogP contribution in [-0.4, -0.2) is 23.5 Å². The molecule has 0 aromatic carbocycles. The van der Waals surface area contributed by atoms with Gasteiger partial charge in [-0.15, -0.1) is 0 Å². The molecule has 0 bridgehead atoms. The third kappa shape index (κ3) is 2.29. The van der Waals surface area contributed by atoms with Crippen molar-refractivity contribution in [3.63, 3.8) is 0 Å². The van der Waals surface area contributed by atoms with E-state index in [0.717, 1.165) is 13.0 Å². The van der Waals surface area contributed by atoms with Gasteiger partial charge in [-0.05, 0) is 27.2 Å². The number of hydrogen-bond donors (Lipinski definition) is 0. The molecule has 0 radical (unpaired) electrons. The smallest absolute Gasteiger partial charge is 0.110 e. The molecule has 0 spiro atoms. The van der Waals surface area contributed by atoms with E-state index < -0.39 is 0 Å². The fourth-order valence-electron chi connectivity index (χ4n) is 1.28. The minimum absolute atomic E-state index is 0.0196. The first kappa shape index (κ1) is 8.72. The van der Waals surface area contributed by atoms with E-state index in [1.165, 1.54) is 0 Å². The van der Waals surface area contributed by atoms with E-state index >= 15 is 0 Å². The first-order valence-electron chi connectivity index (χ1n) is 4.10. The van der Waals surface area contributed by atoms with Gasteiger partial charge in [0, 0.05) is 12.1 Å². The fourth-order valence-corrected chi connectivity index (χ4v) is 1.28. The Labute approximate surface area is 67.9 Å². The first-order chi connectivity index (χ1) is 5.00. The average Bonchev–Trinajstić information content (AvgIpc) is 1.86. The Kier molecular flexibility index (Phi) is 2.33. The van der Waals surface area contributed by atoms with Crippen LogP contribution in [0, 0.1) is 0 Å². The van der Waals surface area contributed by atoms with E-state index in [2.05, 4.69) is 25.7 Å². The molecule has 0 amide bonds. The van der Waals surface area contributed by atoms with Crippen molar-refractivity contribution in [2.24, 2.45) is 0 Å². The fraction of sp³-hybridized carbons (Fsp3) is 0.778. The van der Waals surface area contributed by atoms with Crippen molar-refractivity contribution in [3.8, 4) is 0 Å². The van der Waals surface area contributed by atoms with Gasteiger partial charge in [-0.1, -0.05) is 6.08 Å². The third-order valence-electron chi connectivity index (χ3n) is 2.06. The molecule has 0 saturated carbocycles. The number of rotatable bonds is 0. The van der Waals surface area contributed by atoms with Gasteiger partial charge in [0.05, 0.1) is 6.54 Å². The van der Waals surface area contributed by atoms with Crippen LogP contribution in [0.25, 0.3) is 0 Å². The molecule has 1 nitrogen and oxygen atoms in total. The van der Waals surface area contributed by atoms with Gasteiger partial charge in [-0.25, -0.2) is 4.39 Å². The van der Waals surface area contributed by atoms with E-state index in [1.807, 2.05) is 0 Å². The number of nitrogens with zero attached hydrogens (tertiary/aromatic N) is 1. The van der Waals surface area contributed by atoms with Crippen LogP contribution in [0.15, 0.2) is 11.9 Å². The van der Waals surface area contributed by atoms with Gasteiger partial charge in [0.15, 0.2) is 0 Å². The molecular weight excluding hydrogens is 141 g/mol. The van der Waals surface area contributed by atoms with Gasteiger partial charge in [-0.2, -0.15) is 0 Å². The molecule has 1 heterocycles. The molecule has 0 aliphatic carbocycles. The Morgan fingerprint density at radius 3 is 2.45 bits per heavy atom. The van der Waals surface area contributed by atoms with Crippen molar-refractivity contribution in [1.82, 2.24) is 4.90 Å². The van der Waals surface area contributed by atoms with Crippen LogP contribution >= 0.6 is 0 Å². The Bertz CT molecular complexity index is 167. The second-order valence-electron chi connectivity index (χ2n) is 4.03. The standard InChI is InChI=1S/C9H16FN/c1-9(2,3)11-6-4-5-8(10)7-11/h5H,4,6-7H2,1-3H3. The number of halogens is 1. The molecule has 0 N–H and O–H groups in total. The Morgan fingerprint density at radius 2 is 2.09 bits per heavy atom. The van der Waals surface area contributed by atoms with Crippen LogP contribution in [0.3, 0.4) is 0 Å². The van der Waals surface area contributed by atoms with Crippen LogP contribution in [0.4, 0.5) is 4.39 Å². The predicted octanol–water partition coefficient (Wildman–Crippen LogP) is 2.34. The SMILES string of the molecule is CC(C)(C)N1CCC=C(F)C1. The Hall–Kier alpha value is -0.370. The van der Waals surface area contributed by atoms with Gasteiger partial charge < -0.3 is 0 Å². The highest BCUT2D eigenvalue weighted by Crippen LogP contribution is 2.19. The zero-order chi connectivity index (χ0) is 8.48. The summed E-state index contributed by atoms with van der Waals surface area (Å²) in [6.45, 7) is 7.82. The van der Waals surface area contributed by atoms with Crippen molar-refractivity contribution in [2.75, 3.05) is 13.1 Å². The lowest BCUT2D eigenvalue weighted by Gasteiger charge is -2.36. The van der Waals surface area contributed by atoms with E-state index in [1.54, 1.807) is 6.08 Å². The zero-order valence-corrected chi connectivity index (χ0v) is 7.52. The van der Waals surface area contributed by atoms with Crippen molar-refractivity contribution in [1.29, 1.82) is 0 Å². The van der Waals surface area contributed by atoms with Gasteiger partial charge in [0.1, 0.15) is 5.83 Å². The summed E-state index contributed by atoms with van der Waals surface area (Å²) in [7, 11) is 0. The summed E-state index contributed by atoms with van der Waals surface area (Å²) in [6.07, 6.45) is 2.53. The second kappa shape index (κ2) is 2.94. The summed E-state index contributed by atoms with van der Waals surface area (Å²) in [4.78, 5) is 2.16. The van der Waals surface area contributed by atoms with E-state index in [4.69, 9.17) is 0 Å². The van der Waals surface area contributed by atoms with Crippen LogP contribution in [0.1, 0.15) is 27.2 Å². The summed E-state index contributed by atoms with van der Waals surface area (Å²) < 4.78 is 12.8. The van der Waals surface area contributed by atoms with Crippen LogP contribution in [0.2, 0.25) is 0 Å². The molecule has 1 rings (SSSR count). The molecule has 11 heavy (non-hydrogen) atoms. The molecule has 64 valence electrons. The van der Waals surface area contributed by atoms with Crippen LogP contribution in [-0.2, 0) is 0 Å². The highest BCUT2D eigenvalue weighted by atomic mass is 19.1. The zero-order valence-electron chi connectivity index (χ0n) is 7.52. The Morgan fingerprint density at radius 1 is 1.45 bits per heavy atom. The second-order valence-corrected chi connectivity index (χ2v) is 4.03. The minimum Gasteiger partial charge on any atom is -0.292 e. The normalized spacial score (nSPS) is 21.6. The topological polar surface area (TPSA) is 3.24 Å². The lowest BCUT2D eigenvalue weighted by atomic mass is 10.0. The van der Waals surface area contributed by atoms with E-state index in [0.29, 0.717) is 6.54 Å². The lowest BCUT2D eigenvalue weighted by Crippen LogP contribution is -2.44. The molecule has 0 fully saturated rings. The molecule has 0 unspecified atom stereocenters. The van der Waals surface area contributed by atoms with Crippen molar-refractivity contribution >= 4 is 0 Å². The van der Waals surface area contributed by atoms with Crippen LogP contribution in [0.5, 0.6) is 0 Å². The molecular formula is C9H16FN. The van der Waals surface area contributed by atoms with Gasteiger partial charge in [0.25, 0.3) is 0 Å². The molecule has 1 aliphatic heterocycles. The number of hydrogen-bond acceptors (Lipinski definition) is 1. The molecule has 0 atom stereocenters. The summed E-state index contributed by atoms with van der Waals surface area (Å²) >= 11 is 0. The Balaban J connectivity index is 2.58. The summed E-state index contributed by atoms with van der Waals surface area (Å²) in [6, 6.07) is 0. The maximum absolute atomic E-state index is 12.8.